The van der Waals surface area contributed by atoms with Crippen LogP contribution in [0.25, 0.3) is 11.2 Å². The molecule has 3 N–H and O–H groups in total. The summed E-state index contributed by atoms with van der Waals surface area (Å²) >= 11 is 0. The second kappa shape index (κ2) is 10.1. The summed E-state index contributed by atoms with van der Waals surface area (Å²) < 4.78 is 28.0. The van der Waals surface area contributed by atoms with Gasteiger partial charge in [-0.3, -0.25) is 4.90 Å². The van der Waals surface area contributed by atoms with Gasteiger partial charge in [0.05, 0.1) is 6.54 Å². The Labute approximate surface area is 221 Å². The van der Waals surface area contributed by atoms with Crippen molar-refractivity contribution in [1.29, 1.82) is 0 Å². The zero-order valence-electron chi connectivity index (χ0n) is 21.5. The van der Waals surface area contributed by atoms with Crippen LogP contribution in [0.2, 0.25) is 0 Å². The predicted molar refractivity (Wildman–Crippen MR) is 145 cm³/mol. The maximum absolute atomic E-state index is 14.0. The number of nitrogens with zero attached hydrogens (tertiary/aromatic N) is 4. The van der Waals surface area contributed by atoms with Crippen LogP contribution in [0.1, 0.15) is 67.6 Å². The summed E-state index contributed by atoms with van der Waals surface area (Å²) in [6.45, 7) is 0.377. The van der Waals surface area contributed by atoms with Gasteiger partial charge in [0, 0.05) is 11.5 Å². The minimum atomic E-state index is -2.37. The Bertz CT molecular complexity index is 1350. The van der Waals surface area contributed by atoms with E-state index in [0.717, 1.165) is 49.7 Å². The molecular weight excluding hydrogens is 482 g/mol. The normalized spacial score (nSPS) is 23.9. The number of nitrogen functional groups attached to an aromatic ring is 1. The lowest BCUT2D eigenvalue weighted by Crippen LogP contribution is -2.59. The lowest BCUT2D eigenvalue weighted by atomic mass is 9.54. The maximum atomic E-state index is 14.0. The third-order valence-electron chi connectivity index (χ3n) is 9.24. The van der Waals surface area contributed by atoms with Crippen molar-refractivity contribution in [3.05, 3.63) is 83.4 Å². The Morgan fingerprint density at radius 2 is 1.58 bits per heavy atom. The fourth-order valence-corrected chi connectivity index (χ4v) is 7.18. The van der Waals surface area contributed by atoms with Crippen molar-refractivity contribution in [1.82, 2.24) is 25.3 Å². The van der Waals surface area contributed by atoms with Gasteiger partial charge in [-0.05, 0) is 79.7 Å². The minimum Gasteiger partial charge on any atom is -0.384 e. The topological polar surface area (TPSA) is 83.7 Å². The molecule has 0 spiro atoms. The van der Waals surface area contributed by atoms with Crippen molar-refractivity contribution < 1.29 is 8.78 Å². The Kier molecular flexibility index (Phi) is 6.60. The van der Waals surface area contributed by atoms with Gasteiger partial charge in [-0.15, -0.1) is 5.10 Å². The molecule has 6 nitrogen and oxygen atoms in total. The van der Waals surface area contributed by atoms with E-state index in [1.54, 1.807) is 0 Å². The predicted octanol–water partition coefficient (Wildman–Crippen LogP) is 6.07. The monoisotopic (exact) mass is 516 g/mol. The molecule has 0 amide bonds. The van der Waals surface area contributed by atoms with Crippen LogP contribution in [0.5, 0.6) is 0 Å². The van der Waals surface area contributed by atoms with Crippen molar-refractivity contribution in [3.63, 3.8) is 0 Å². The fourth-order valence-electron chi connectivity index (χ4n) is 7.18. The number of H-pyrrole nitrogens is 1. The summed E-state index contributed by atoms with van der Waals surface area (Å²) in [6, 6.07) is 22.8. The molecule has 3 fully saturated rings. The van der Waals surface area contributed by atoms with Crippen molar-refractivity contribution in [2.75, 3.05) is 18.8 Å². The van der Waals surface area contributed by atoms with Gasteiger partial charge < -0.3 is 5.73 Å². The standard InChI is InChI=1S/C30H34F2N6/c31-25(32)20-38(30-15-12-29(13-16-30,14-17-30)22-9-5-2-6-10-22)18-11-23(21-7-3-1-4-8-21)24-19-26(33)34-28-27(24)35-37-36-28/h1-10,19,23,25H,11-18,20H2,(H3,33,34,35,36,37)/t23-,29?,30?/m1/s1. The quantitative estimate of drug-likeness (QED) is 0.282. The first-order valence-corrected chi connectivity index (χ1v) is 13.6. The third-order valence-corrected chi connectivity index (χ3v) is 9.24. The first-order valence-electron chi connectivity index (χ1n) is 13.6. The van der Waals surface area contributed by atoms with Gasteiger partial charge in [0.25, 0.3) is 6.43 Å². The number of rotatable bonds is 9. The molecule has 3 aliphatic carbocycles. The average molecular weight is 517 g/mol. The second-order valence-corrected chi connectivity index (χ2v) is 11.1. The average Bonchev–Trinajstić information content (AvgIpc) is 3.43. The molecule has 2 heterocycles. The lowest BCUT2D eigenvalue weighted by molar-refractivity contribution is -0.0518. The van der Waals surface area contributed by atoms with E-state index in [-0.39, 0.29) is 23.4 Å². The number of aromatic nitrogens is 4. The fraction of sp³-hybridized carbons (Fsp3) is 0.433. The van der Waals surface area contributed by atoms with Crippen molar-refractivity contribution in [2.45, 2.75) is 68.2 Å². The van der Waals surface area contributed by atoms with E-state index in [2.05, 4.69) is 67.8 Å². The Morgan fingerprint density at radius 3 is 2.24 bits per heavy atom. The van der Waals surface area contributed by atoms with Gasteiger partial charge in [0.15, 0.2) is 5.65 Å². The maximum Gasteiger partial charge on any atom is 0.251 e. The van der Waals surface area contributed by atoms with Crippen LogP contribution in [-0.2, 0) is 5.41 Å². The van der Waals surface area contributed by atoms with E-state index in [0.29, 0.717) is 29.9 Å². The zero-order valence-corrected chi connectivity index (χ0v) is 21.5. The number of nitrogens with two attached hydrogens (primary N) is 1. The molecule has 2 aromatic carbocycles. The van der Waals surface area contributed by atoms with Gasteiger partial charge >= 0.3 is 0 Å². The molecule has 2 aromatic heterocycles. The first-order chi connectivity index (χ1) is 18.5. The molecule has 198 valence electrons. The summed E-state index contributed by atoms with van der Waals surface area (Å²) in [5.74, 6) is 0.320. The molecule has 3 aliphatic rings. The number of fused-ring (bicyclic) bond motifs is 4. The SMILES string of the molecule is Nc1cc([C@H](CCN(CC(F)F)C23CCC(c4ccccc4)(CC2)CC3)c2ccccc2)c2nn[nH]c2n1. The van der Waals surface area contributed by atoms with Gasteiger partial charge in [0.1, 0.15) is 11.3 Å². The first kappa shape index (κ1) is 24.9. The number of aromatic amines is 1. The number of nitrogens with one attached hydrogen (secondary N) is 1. The summed E-state index contributed by atoms with van der Waals surface area (Å²) in [7, 11) is 0. The summed E-state index contributed by atoms with van der Waals surface area (Å²) in [5, 5.41) is 11.1. The molecule has 0 saturated heterocycles. The van der Waals surface area contributed by atoms with Crippen molar-refractivity contribution in [3.8, 4) is 0 Å². The van der Waals surface area contributed by atoms with Crippen LogP contribution in [-0.4, -0.2) is 50.3 Å². The molecular formula is C30H34F2N6. The molecule has 0 unspecified atom stereocenters. The summed E-state index contributed by atoms with van der Waals surface area (Å²) in [4.78, 5) is 6.45. The number of pyridine rings is 1. The van der Waals surface area contributed by atoms with Crippen LogP contribution >= 0.6 is 0 Å². The Hall–Kier alpha value is -3.39. The van der Waals surface area contributed by atoms with E-state index < -0.39 is 6.43 Å². The van der Waals surface area contributed by atoms with E-state index in [9.17, 15) is 8.78 Å². The highest BCUT2D eigenvalue weighted by atomic mass is 19.3. The van der Waals surface area contributed by atoms with E-state index in [4.69, 9.17) is 5.73 Å². The molecule has 4 aromatic rings. The van der Waals surface area contributed by atoms with Gasteiger partial charge in [-0.1, -0.05) is 65.9 Å². The van der Waals surface area contributed by atoms with Crippen molar-refractivity contribution >= 4 is 17.0 Å². The highest BCUT2D eigenvalue weighted by Crippen LogP contribution is 2.56. The van der Waals surface area contributed by atoms with Crippen LogP contribution in [0.3, 0.4) is 0 Å². The van der Waals surface area contributed by atoms with E-state index in [1.165, 1.54) is 5.56 Å². The molecule has 7 rings (SSSR count). The molecule has 0 radical (unpaired) electrons. The number of hydrogen-bond acceptors (Lipinski definition) is 5. The molecule has 0 aliphatic heterocycles. The summed E-state index contributed by atoms with van der Waals surface area (Å²) in [5.41, 5.74) is 10.8. The zero-order chi connectivity index (χ0) is 26.2. The van der Waals surface area contributed by atoms with E-state index >= 15 is 0 Å². The van der Waals surface area contributed by atoms with Crippen LogP contribution in [0.15, 0.2) is 66.7 Å². The lowest BCUT2D eigenvalue weighted by Gasteiger charge is -2.58. The van der Waals surface area contributed by atoms with Crippen molar-refractivity contribution in [2.24, 2.45) is 0 Å². The minimum absolute atomic E-state index is 0.0683. The second-order valence-electron chi connectivity index (χ2n) is 11.1. The number of anilines is 1. The van der Waals surface area contributed by atoms with Crippen LogP contribution < -0.4 is 5.73 Å². The number of benzene rings is 2. The highest BCUT2D eigenvalue weighted by Gasteiger charge is 2.52. The van der Waals surface area contributed by atoms with Crippen LogP contribution in [0, 0.1) is 0 Å². The number of alkyl halides is 2. The molecule has 38 heavy (non-hydrogen) atoms. The smallest absolute Gasteiger partial charge is 0.251 e. The van der Waals surface area contributed by atoms with Gasteiger partial charge in [-0.25, -0.2) is 18.9 Å². The third kappa shape index (κ3) is 4.55. The Morgan fingerprint density at radius 1 is 0.921 bits per heavy atom. The molecule has 2 bridgehead atoms. The number of halogens is 2. The molecule has 1 atom stereocenters. The van der Waals surface area contributed by atoms with E-state index in [1.807, 2.05) is 24.3 Å². The Balaban J connectivity index is 1.28. The summed E-state index contributed by atoms with van der Waals surface area (Å²) in [6.07, 6.45) is 4.34. The number of hydrogen-bond donors (Lipinski definition) is 2. The van der Waals surface area contributed by atoms with Crippen LogP contribution in [0.4, 0.5) is 14.6 Å². The van der Waals surface area contributed by atoms with Gasteiger partial charge in [0.2, 0.25) is 0 Å². The van der Waals surface area contributed by atoms with Gasteiger partial charge in [-0.2, -0.15) is 0 Å². The molecule has 3 saturated carbocycles. The molecule has 8 heteroatoms. The largest absolute Gasteiger partial charge is 0.384 e. The highest BCUT2D eigenvalue weighted by molar-refractivity contribution is 5.77.